The quantitative estimate of drug-likeness (QED) is 0.790. The van der Waals surface area contributed by atoms with Crippen molar-refractivity contribution in [1.82, 2.24) is 0 Å². The van der Waals surface area contributed by atoms with Gasteiger partial charge in [-0.25, -0.2) is 0 Å². The Morgan fingerprint density at radius 3 is 2.29 bits per heavy atom. The van der Waals surface area contributed by atoms with Crippen molar-refractivity contribution in [3.8, 4) is 17.2 Å². The molecule has 0 aliphatic rings. The third kappa shape index (κ3) is 4.49. The predicted octanol–water partition coefficient (Wildman–Crippen LogP) is 4.84. The standard InChI is InChI=1S/C15H13Cl2NO2S/c1-9(15(18)21)19-11-3-5-12(6-4-11)20-14-7-2-10(16)8-13(14)17/h2-9H,1H3,(H2,18,21). The van der Waals surface area contributed by atoms with Crippen LogP contribution in [0.15, 0.2) is 42.5 Å². The second kappa shape index (κ2) is 6.98. The van der Waals surface area contributed by atoms with Gasteiger partial charge in [0, 0.05) is 5.02 Å². The number of ether oxygens (including phenoxy) is 2. The first-order valence-corrected chi connectivity index (χ1v) is 7.31. The zero-order chi connectivity index (χ0) is 15.4. The topological polar surface area (TPSA) is 44.5 Å². The van der Waals surface area contributed by atoms with Gasteiger partial charge < -0.3 is 15.2 Å². The van der Waals surface area contributed by atoms with Crippen LogP contribution in [0.25, 0.3) is 0 Å². The van der Waals surface area contributed by atoms with Crippen LogP contribution in [0.3, 0.4) is 0 Å². The van der Waals surface area contributed by atoms with Crippen LogP contribution in [-0.2, 0) is 0 Å². The van der Waals surface area contributed by atoms with Gasteiger partial charge in [-0.1, -0.05) is 35.4 Å². The molecule has 0 radical (unpaired) electrons. The molecule has 2 aromatic carbocycles. The van der Waals surface area contributed by atoms with E-state index in [1.165, 1.54) is 0 Å². The van der Waals surface area contributed by atoms with Gasteiger partial charge in [0.15, 0.2) is 0 Å². The maximum atomic E-state index is 6.05. The van der Waals surface area contributed by atoms with Gasteiger partial charge in [0.2, 0.25) is 0 Å². The molecular weight excluding hydrogens is 329 g/mol. The molecule has 0 aliphatic heterocycles. The molecule has 0 heterocycles. The van der Waals surface area contributed by atoms with E-state index in [-0.39, 0.29) is 6.10 Å². The minimum atomic E-state index is -0.322. The molecule has 1 unspecified atom stereocenters. The molecule has 2 N–H and O–H groups in total. The number of nitrogens with two attached hydrogens (primary N) is 1. The Balaban J connectivity index is 2.07. The molecule has 0 bridgehead atoms. The van der Waals surface area contributed by atoms with Crippen molar-refractivity contribution in [2.75, 3.05) is 0 Å². The van der Waals surface area contributed by atoms with Crippen molar-refractivity contribution >= 4 is 40.4 Å². The molecule has 3 nitrogen and oxygen atoms in total. The van der Waals surface area contributed by atoms with E-state index < -0.39 is 0 Å². The van der Waals surface area contributed by atoms with Gasteiger partial charge >= 0.3 is 0 Å². The highest BCUT2D eigenvalue weighted by molar-refractivity contribution is 7.80. The Bertz CT molecular complexity index is 647. The summed E-state index contributed by atoms with van der Waals surface area (Å²) in [5.74, 6) is 1.82. The number of rotatable bonds is 5. The zero-order valence-corrected chi connectivity index (χ0v) is 13.5. The van der Waals surface area contributed by atoms with Gasteiger partial charge in [-0.3, -0.25) is 0 Å². The van der Waals surface area contributed by atoms with Crippen LogP contribution in [0.1, 0.15) is 6.92 Å². The highest BCUT2D eigenvalue weighted by atomic mass is 35.5. The lowest BCUT2D eigenvalue weighted by Gasteiger charge is -2.13. The molecule has 6 heteroatoms. The lowest BCUT2D eigenvalue weighted by molar-refractivity contribution is 0.288. The second-order valence-corrected chi connectivity index (χ2v) is 5.63. The monoisotopic (exact) mass is 341 g/mol. The molecule has 110 valence electrons. The van der Waals surface area contributed by atoms with Gasteiger partial charge in [-0.15, -0.1) is 0 Å². The van der Waals surface area contributed by atoms with E-state index in [0.717, 1.165) is 0 Å². The van der Waals surface area contributed by atoms with Crippen LogP contribution in [0, 0.1) is 0 Å². The third-order valence-corrected chi connectivity index (χ3v) is 3.52. The fourth-order valence-electron chi connectivity index (χ4n) is 1.53. The first-order valence-electron chi connectivity index (χ1n) is 6.14. The fourth-order valence-corrected chi connectivity index (χ4v) is 2.03. The molecule has 0 amide bonds. The van der Waals surface area contributed by atoms with Crippen molar-refractivity contribution in [1.29, 1.82) is 0 Å². The number of hydrogen-bond donors (Lipinski definition) is 1. The minimum absolute atomic E-state index is 0.309. The van der Waals surface area contributed by atoms with Crippen LogP contribution < -0.4 is 15.2 Å². The van der Waals surface area contributed by atoms with Crippen LogP contribution in [0.4, 0.5) is 0 Å². The van der Waals surface area contributed by atoms with Gasteiger partial charge in [0.1, 0.15) is 28.3 Å². The SMILES string of the molecule is CC(Oc1ccc(Oc2ccc(Cl)cc2Cl)cc1)C(N)=S. The second-order valence-electron chi connectivity index (χ2n) is 4.31. The molecule has 21 heavy (non-hydrogen) atoms. The number of hydrogen-bond acceptors (Lipinski definition) is 3. The van der Waals surface area contributed by atoms with E-state index in [2.05, 4.69) is 0 Å². The molecule has 0 saturated carbocycles. The average Bonchev–Trinajstić information content (AvgIpc) is 2.43. The first-order chi connectivity index (χ1) is 9.95. The van der Waals surface area contributed by atoms with Crippen LogP contribution >= 0.6 is 35.4 Å². The molecule has 0 aliphatic carbocycles. The van der Waals surface area contributed by atoms with E-state index in [0.29, 0.717) is 32.3 Å². The summed E-state index contributed by atoms with van der Waals surface area (Å²) in [5, 5.41) is 1.01. The largest absolute Gasteiger partial charge is 0.484 e. The minimum Gasteiger partial charge on any atom is -0.484 e. The summed E-state index contributed by atoms with van der Waals surface area (Å²) in [6.45, 7) is 1.79. The summed E-state index contributed by atoms with van der Waals surface area (Å²) in [6.07, 6.45) is -0.322. The van der Waals surface area contributed by atoms with E-state index in [4.69, 9.17) is 50.6 Å². The van der Waals surface area contributed by atoms with Crippen molar-refractivity contribution in [2.24, 2.45) is 5.73 Å². The van der Waals surface area contributed by atoms with Crippen LogP contribution in [0.5, 0.6) is 17.2 Å². The van der Waals surface area contributed by atoms with Gasteiger partial charge in [0.25, 0.3) is 0 Å². The Labute approximate surface area is 138 Å². The molecule has 0 spiro atoms. The zero-order valence-electron chi connectivity index (χ0n) is 11.2. The average molecular weight is 342 g/mol. The summed E-state index contributed by atoms with van der Waals surface area (Å²) < 4.78 is 11.2. The van der Waals surface area contributed by atoms with E-state index in [1.807, 2.05) is 0 Å². The normalized spacial score (nSPS) is 11.8. The summed E-state index contributed by atoms with van der Waals surface area (Å²) in [7, 11) is 0. The lowest BCUT2D eigenvalue weighted by Crippen LogP contribution is -2.28. The highest BCUT2D eigenvalue weighted by Crippen LogP contribution is 2.32. The Kier molecular flexibility index (Phi) is 5.28. The summed E-state index contributed by atoms with van der Waals surface area (Å²) >= 11 is 16.7. The van der Waals surface area contributed by atoms with E-state index in [9.17, 15) is 0 Å². The van der Waals surface area contributed by atoms with Crippen LogP contribution in [-0.4, -0.2) is 11.1 Å². The van der Waals surface area contributed by atoms with Crippen molar-refractivity contribution < 1.29 is 9.47 Å². The summed E-state index contributed by atoms with van der Waals surface area (Å²) in [5.41, 5.74) is 5.50. The van der Waals surface area contributed by atoms with Gasteiger partial charge in [-0.05, 0) is 49.4 Å². The van der Waals surface area contributed by atoms with E-state index >= 15 is 0 Å². The predicted molar refractivity (Wildman–Crippen MR) is 89.9 cm³/mol. The smallest absolute Gasteiger partial charge is 0.146 e. The molecule has 0 fully saturated rings. The highest BCUT2D eigenvalue weighted by Gasteiger charge is 2.08. The number of halogens is 2. The molecule has 2 aromatic rings. The maximum Gasteiger partial charge on any atom is 0.146 e. The first kappa shape index (κ1) is 15.9. The summed E-state index contributed by atoms with van der Waals surface area (Å²) in [4.78, 5) is 0.309. The van der Waals surface area contributed by atoms with Crippen LogP contribution in [0.2, 0.25) is 10.0 Å². The summed E-state index contributed by atoms with van der Waals surface area (Å²) in [6, 6.07) is 12.1. The molecule has 2 rings (SSSR count). The van der Waals surface area contributed by atoms with Crippen molar-refractivity contribution in [3.05, 3.63) is 52.5 Å². The third-order valence-electron chi connectivity index (χ3n) is 2.66. The number of thiocarbonyl (C=S) groups is 1. The Morgan fingerprint density at radius 1 is 1.10 bits per heavy atom. The van der Waals surface area contributed by atoms with Gasteiger partial charge in [0.05, 0.1) is 5.02 Å². The molecule has 0 aromatic heterocycles. The van der Waals surface area contributed by atoms with Crippen molar-refractivity contribution in [2.45, 2.75) is 13.0 Å². The Morgan fingerprint density at radius 2 is 1.71 bits per heavy atom. The van der Waals surface area contributed by atoms with E-state index in [1.54, 1.807) is 49.4 Å². The molecule has 0 saturated heterocycles. The Hall–Kier alpha value is -1.49. The maximum absolute atomic E-state index is 6.05. The molecule has 1 atom stereocenters. The van der Waals surface area contributed by atoms with Gasteiger partial charge in [-0.2, -0.15) is 0 Å². The number of benzene rings is 2. The van der Waals surface area contributed by atoms with Crippen molar-refractivity contribution in [3.63, 3.8) is 0 Å². The lowest BCUT2D eigenvalue weighted by atomic mass is 10.3. The fraction of sp³-hybridized carbons (Fsp3) is 0.133. The molecular formula is C15H13Cl2NO2S.